The number of ether oxygens (including phenoxy) is 2. The normalized spacial score (nSPS) is 15.3. The summed E-state index contributed by atoms with van der Waals surface area (Å²) in [5.41, 5.74) is 4.21. The second-order valence-corrected chi connectivity index (χ2v) is 18.1. The van der Waals surface area contributed by atoms with Crippen LogP contribution < -0.4 is 9.47 Å². The monoisotopic (exact) mass is 853 g/mol. The van der Waals surface area contributed by atoms with Crippen LogP contribution in [-0.2, 0) is 35.5 Å². The molecule has 0 radical (unpaired) electrons. The Morgan fingerprint density at radius 3 is 1.15 bits per heavy atom. The molecule has 0 spiro atoms. The van der Waals surface area contributed by atoms with Gasteiger partial charge in [-0.3, -0.25) is 9.59 Å². The van der Waals surface area contributed by atoms with E-state index in [0.717, 1.165) is 85.6 Å². The lowest BCUT2D eigenvalue weighted by Gasteiger charge is -2.37. The van der Waals surface area contributed by atoms with Crippen molar-refractivity contribution in [3.8, 4) is 11.5 Å². The van der Waals surface area contributed by atoms with E-state index in [9.17, 15) is 18.4 Å². The van der Waals surface area contributed by atoms with Crippen molar-refractivity contribution in [1.82, 2.24) is 19.6 Å². The first-order valence-corrected chi connectivity index (χ1v) is 22.7. The van der Waals surface area contributed by atoms with Crippen molar-refractivity contribution in [1.29, 1.82) is 0 Å². The Bertz CT molecular complexity index is 1770. The number of piperidine rings is 2. The smallest absolute Gasteiger partial charge is 0.223 e. The van der Waals surface area contributed by atoms with Crippen molar-refractivity contribution in [2.75, 3.05) is 53.5 Å². The van der Waals surface area contributed by atoms with E-state index in [1.807, 2.05) is 58.3 Å². The number of likely N-dealkylation sites (tertiary alicyclic amines) is 2. The summed E-state index contributed by atoms with van der Waals surface area (Å²) < 4.78 is 38.1. The number of rotatable bonds is 18. The van der Waals surface area contributed by atoms with Crippen molar-refractivity contribution in [2.24, 2.45) is 11.8 Å². The van der Waals surface area contributed by atoms with Crippen LogP contribution in [0.1, 0.15) is 88.5 Å². The summed E-state index contributed by atoms with van der Waals surface area (Å²) in [6.07, 6.45) is 6.26. The fraction of sp³-hybridized carbons (Fsp3) is 0.500. The Balaban J connectivity index is 0.000000234. The molecule has 0 atom stereocenters. The summed E-state index contributed by atoms with van der Waals surface area (Å²) in [5.74, 6) is 2.55. The van der Waals surface area contributed by atoms with Gasteiger partial charge in [-0.25, -0.2) is 8.78 Å². The van der Waals surface area contributed by atoms with Gasteiger partial charge in [0.25, 0.3) is 0 Å². The number of carbonyl (C=O) groups is 2. The van der Waals surface area contributed by atoms with Crippen molar-refractivity contribution in [3.63, 3.8) is 0 Å². The number of aryl methyl sites for hydroxylation is 2. The van der Waals surface area contributed by atoms with Crippen molar-refractivity contribution in [2.45, 2.75) is 104 Å². The highest BCUT2D eigenvalue weighted by molar-refractivity contribution is 5.77. The molecule has 4 aromatic carbocycles. The standard InChI is InChI=1S/2C26H35FN2O2/c2*1-20(2)19-31-25-11-6-21(7-12-25)8-13-26(30)29(24-14-16-28(3)17-15-24)18-22-4-9-23(27)10-5-22/h2*4-7,9-12,20,24H,8,13-19H2,1-3H3. The van der Waals surface area contributed by atoms with Crippen LogP contribution >= 0.6 is 0 Å². The van der Waals surface area contributed by atoms with Crippen LogP contribution in [0.2, 0.25) is 0 Å². The second-order valence-electron chi connectivity index (χ2n) is 18.1. The minimum atomic E-state index is -0.248. The van der Waals surface area contributed by atoms with E-state index in [-0.39, 0.29) is 35.5 Å². The largest absolute Gasteiger partial charge is 0.493 e. The van der Waals surface area contributed by atoms with Gasteiger partial charge in [-0.05, 0) is 161 Å². The molecule has 6 rings (SSSR count). The van der Waals surface area contributed by atoms with E-state index in [1.165, 1.54) is 24.3 Å². The Labute approximate surface area is 370 Å². The number of hydrogen-bond acceptors (Lipinski definition) is 6. The zero-order valence-corrected chi connectivity index (χ0v) is 38.0. The molecule has 0 aromatic heterocycles. The zero-order valence-electron chi connectivity index (χ0n) is 38.0. The van der Waals surface area contributed by atoms with E-state index < -0.39 is 0 Å². The molecule has 2 amide bonds. The first-order valence-electron chi connectivity index (χ1n) is 22.7. The molecule has 2 aliphatic heterocycles. The molecular formula is C52H70F2N4O4. The number of carbonyl (C=O) groups excluding carboxylic acids is 2. The van der Waals surface area contributed by atoms with Gasteiger partial charge in [0.05, 0.1) is 13.2 Å². The Morgan fingerprint density at radius 2 is 0.839 bits per heavy atom. The van der Waals surface area contributed by atoms with E-state index in [0.29, 0.717) is 63.8 Å². The predicted octanol–water partition coefficient (Wildman–Crippen LogP) is 9.83. The lowest BCUT2D eigenvalue weighted by atomic mass is 10.0. The van der Waals surface area contributed by atoms with Crippen LogP contribution in [0.3, 0.4) is 0 Å². The molecule has 2 fully saturated rings. The predicted molar refractivity (Wildman–Crippen MR) is 245 cm³/mol. The van der Waals surface area contributed by atoms with Crippen LogP contribution in [0, 0.1) is 23.5 Å². The van der Waals surface area contributed by atoms with Crippen molar-refractivity contribution >= 4 is 11.8 Å². The van der Waals surface area contributed by atoms with Crippen LogP contribution in [0.15, 0.2) is 97.1 Å². The maximum Gasteiger partial charge on any atom is 0.223 e. The third kappa shape index (κ3) is 16.5. The van der Waals surface area contributed by atoms with E-state index in [1.54, 1.807) is 24.3 Å². The molecule has 4 aromatic rings. The fourth-order valence-electron chi connectivity index (χ4n) is 7.85. The summed E-state index contributed by atoms with van der Waals surface area (Å²) in [4.78, 5) is 35.1. The SMILES string of the molecule is CC(C)COc1ccc(CCC(=O)N(Cc2ccc(F)cc2)C2CCN(C)CC2)cc1.CC(C)COc1ccc(CCC(=O)N(Cc2ccc(F)cc2)C2CCN(C)CC2)cc1. The quantitative estimate of drug-likeness (QED) is 0.0994. The number of benzene rings is 4. The summed E-state index contributed by atoms with van der Waals surface area (Å²) in [6.45, 7) is 15.0. The minimum absolute atomic E-state index is 0.166. The van der Waals surface area contributed by atoms with Gasteiger partial charge in [0, 0.05) is 38.0 Å². The number of hydrogen-bond donors (Lipinski definition) is 0. The maximum atomic E-state index is 13.3. The van der Waals surface area contributed by atoms with Crippen LogP contribution in [-0.4, -0.2) is 97.0 Å². The molecule has 2 heterocycles. The molecule has 0 unspecified atom stereocenters. The summed E-state index contributed by atoms with van der Waals surface area (Å²) in [5, 5.41) is 0. The molecule has 0 saturated carbocycles. The van der Waals surface area contributed by atoms with Crippen LogP contribution in [0.25, 0.3) is 0 Å². The molecule has 8 nitrogen and oxygen atoms in total. The molecule has 0 N–H and O–H groups in total. The lowest BCUT2D eigenvalue weighted by Crippen LogP contribution is -2.46. The number of halogens is 2. The topological polar surface area (TPSA) is 65.6 Å². The molecule has 10 heteroatoms. The third-order valence-corrected chi connectivity index (χ3v) is 11.7. The Morgan fingerprint density at radius 1 is 0.532 bits per heavy atom. The highest BCUT2D eigenvalue weighted by Crippen LogP contribution is 2.23. The first kappa shape index (κ1) is 48.2. The summed E-state index contributed by atoms with van der Waals surface area (Å²) >= 11 is 0. The Hall–Kier alpha value is -4.80. The minimum Gasteiger partial charge on any atom is -0.493 e. The first-order chi connectivity index (χ1) is 29.8. The van der Waals surface area contributed by atoms with Gasteiger partial charge in [-0.2, -0.15) is 0 Å². The van der Waals surface area contributed by atoms with E-state index >= 15 is 0 Å². The molecule has 2 aliphatic rings. The average molecular weight is 853 g/mol. The van der Waals surface area contributed by atoms with Gasteiger partial charge in [-0.15, -0.1) is 0 Å². The van der Waals surface area contributed by atoms with Gasteiger partial charge >= 0.3 is 0 Å². The molecule has 0 aliphatic carbocycles. The zero-order chi connectivity index (χ0) is 44.4. The van der Waals surface area contributed by atoms with Gasteiger partial charge in [0.1, 0.15) is 23.1 Å². The van der Waals surface area contributed by atoms with Crippen LogP contribution in [0.4, 0.5) is 8.78 Å². The lowest BCUT2D eigenvalue weighted by molar-refractivity contribution is -0.136. The fourth-order valence-corrected chi connectivity index (χ4v) is 7.85. The van der Waals surface area contributed by atoms with E-state index in [4.69, 9.17) is 9.47 Å². The number of nitrogens with zero attached hydrogens (tertiary/aromatic N) is 4. The molecule has 0 bridgehead atoms. The molecular weight excluding hydrogens is 783 g/mol. The highest BCUT2D eigenvalue weighted by Gasteiger charge is 2.28. The molecule has 2 saturated heterocycles. The van der Waals surface area contributed by atoms with Crippen molar-refractivity contribution in [3.05, 3.63) is 131 Å². The van der Waals surface area contributed by atoms with Gasteiger partial charge in [-0.1, -0.05) is 76.2 Å². The second kappa shape index (κ2) is 24.7. The average Bonchev–Trinajstić information content (AvgIpc) is 3.27. The van der Waals surface area contributed by atoms with E-state index in [2.05, 4.69) is 51.6 Å². The van der Waals surface area contributed by atoms with Crippen molar-refractivity contribution < 1.29 is 27.8 Å². The number of amides is 2. The summed E-state index contributed by atoms with van der Waals surface area (Å²) in [6, 6.07) is 29.6. The van der Waals surface area contributed by atoms with Gasteiger partial charge < -0.3 is 29.1 Å². The summed E-state index contributed by atoms with van der Waals surface area (Å²) in [7, 11) is 4.24. The Kier molecular flexibility index (Phi) is 19.2. The highest BCUT2D eigenvalue weighted by atomic mass is 19.1. The molecule has 336 valence electrons. The third-order valence-electron chi connectivity index (χ3n) is 11.7. The van der Waals surface area contributed by atoms with Gasteiger partial charge in [0.15, 0.2) is 0 Å². The van der Waals surface area contributed by atoms with Gasteiger partial charge in [0.2, 0.25) is 11.8 Å². The molecule has 62 heavy (non-hydrogen) atoms. The van der Waals surface area contributed by atoms with Crippen LogP contribution in [0.5, 0.6) is 11.5 Å². The maximum absolute atomic E-state index is 13.3.